The van der Waals surface area contributed by atoms with Gasteiger partial charge in [-0.1, -0.05) is 6.07 Å². The molecule has 0 aliphatic carbocycles. The van der Waals surface area contributed by atoms with Crippen molar-refractivity contribution in [3.8, 4) is 11.5 Å². The van der Waals surface area contributed by atoms with Crippen LogP contribution in [0.2, 0.25) is 0 Å². The van der Waals surface area contributed by atoms with Gasteiger partial charge in [0.05, 0.1) is 18.1 Å². The summed E-state index contributed by atoms with van der Waals surface area (Å²) in [6, 6.07) is 10.1. The van der Waals surface area contributed by atoms with Gasteiger partial charge in [0.15, 0.2) is 11.5 Å². The molecule has 2 aromatic rings. The van der Waals surface area contributed by atoms with Crippen LogP contribution in [0, 0.1) is 17.0 Å². The predicted molar refractivity (Wildman–Crippen MR) is 103 cm³/mol. The number of nitrogens with one attached hydrogen (secondary N) is 1. The largest absolute Gasteiger partial charge is 0.490 e. The Bertz CT molecular complexity index is 820. The van der Waals surface area contributed by atoms with Crippen molar-refractivity contribution in [3.05, 3.63) is 63.2 Å². The molecule has 1 N–H and O–H groups in total. The Labute approximate surface area is 158 Å². The highest BCUT2D eigenvalue weighted by atomic mass is 16.6. The Morgan fingerprint density at radius 2 is 1.78 bits per heavy atom. The first-order valence-corrected chi connectivity index (χ1v) is 8.88. The minimum absolute atomic E-state index is 0.00407. The Morgan fingerprint density at radius 1 is 1.07 bits per heavy atom. The van der Waals surface area contributed by atoms with Gasteiger partial charge in [-0.15, -0.1) is 0 Å². The van der Waals surface area contributed by atoms with E-state index in [1.165, 1.54) is 18.2 Å². The molecule has 0 heterocycles. The first kappa shape index (κ1) is 20.2. The molecule has 0 bridgehead atoms. The molecule has 0 aromatic heterocycles. The van der Waals surface area contributed by atoms with E-state index in [-0.39, 0.29) is 11.6 Å². The lowest BCUT2D eigenvalue weighted by Crippen LogP contribution is -2.25. The Balaban J connectivity index is 1.97. The van der Waals surface area contributed by atoms with E-state index < -0.39 is 4.92 Å². The molecule has 0 radical (unpaired) electrons. The Morgan fingerprint density at radius 3 is 2.41 bits per heavy atom. The molecule has 2 rings (SSSR count). The molecule has 0 fully saturated rings. The number of hydrogen-bond acceptors (Lipinski definition) is 5. The molecule has 0 aliphatic rings. The van der Waals surface area contributed by atoms with Gasteiger partial charge in [-0.2, -0.15) is 0 Å². The van der Waals surface area contributed by atoms with Crippen LogP contribution in [0.5, 0.6) is 11.5 Å². The Hall–Kier alpha value is -3.09. The number of carbonyl (C=O) groups excluding carboxylic acids is 1. The van der Waals surface area contributed by atoms with E-state index in [4.69, 9.17) is 9.47 Å². The lowest BCUT2D eigenvalue weighted by molar-refractivity contribution is -0.385. The van der Waals surface area contributed by atoms with Crippen molar-refractivity contribution >= 4 is 11.6 Å². The van der Waals surface area contributed by atoms with Crippen LogP contribution in [0.4, 0.5) is 5.69 Å². The first-order chi connectivity index (χ1) is 13.0. The zero-order valence-electron chi connectivity index (χ0n) is 15.8. The van der Waals surface area contributed by atoms with Gasteiger partial charge in [0.25, 0.3) is 11.6 Å². The normalized spacial score (nSPS) is 10.3. The van der Waals surface area contributed by atoms with Crippen molar-refractivity contribution in [2.45, 2.75) is 27.2 Å². The average Bonchev–Trinajstić information content (AvgIpc) is 2.63. The standard InChI is InChI=1S/C20H24N2O5/c1-4-26-18-9-6-15(13-19(18)27-5-2)10-11-21-20(23)16-7-8-17(22(24)25)14(3)12-16/h6-9,12-13H,4-5,10-11H2,1-3H3,(H,21,23). The van der Waals surface area contributed by atoms with Crippen LogP contribution in [0.25, 0.3) is 0 Å². The molecule has 0 aliphatic heterocycles. The third-order valence-electron chi connectivity index (χ3n) is 3.96. The lowest BCUT2D eigenvalue weighted by Gasteiger charge is -2.12. The third-order valence-corrected chi connectivity index (χ3v) is 3.96. The number of hydrogen-bond donors (Lipinski definition) is 1. The molecule has 2 aromatic carbocycles. The van der Waals surface area contributed by atoms with Crippen molar-refractivity contribution in [2.24, 2.45) is 0 Å². The van der Waals surface area contributed by atoms with E-state index in [1.807, 2.05) is 32.0 Å². The summed E-state index contributed by atoms with van der Waals surface area (Å²) in [6.07, 6.45) is 0.629. The number of benzene rings is 2. The van der Waals surface area contributed by atoms with Crippen LogP contribution in [-0.2, 0) is 6.42 Å². The predicted octanol–water partition coefficient (Wildman–Crippen LogP) is 3.67. The number of nitro benzene ring substituents is 1. The number of nitrogens with zero attached hydrogens (tertiary/aromatic N) is 1. The maximum atomic E-state index is 12.3. The van der Waals surface area contributed by atoms with Crippen LogP contribution in [0.1, 0.15) is 35.3 Å². The minimum Gasteiger partial charge on any atom is -0.490 e. The number of carbonyl (C=O) groups is 1. The van der Waals surface area contributed by atoms with Crippen molar-refractivity contribution in [1.29, 1.82) is 0 Å². The molecule has 7 nitrogen and oxygen atoms in total. The minimum atomic E-state index is -0.459. The topological polar surface area (TPSA) is 90.7 Å². The summed E-state index contributed by atoms with van der Waals surface area (Å²) in [6.45, 7) is 6.98. The van der Waals surface area contributed by atoms with Gasteiger partial charge in [0, 0.05) is 23.7 Å². The molecule has 1 amide bonds. The van der Waals surface area contributed by atoms with Crippen LogP contribution in [0.15, 0.2) is 36.4 Å². The van der Waals surface area contributed by atoms with Gasteiger partial charge >= 0.3 is 0 Å². The summed E-state index contributed by atoms with van der Waals surface area (Å²) in [5, 5.41) is 13.7. The number of ether oxygens (including phenoxy) is 2. The first-order valence-electron chi connectivity index (χ1n) is 8.88. The molecule has 0 saturated carbocycles. The zero-order valence-corrected chi connectivity index (χ0v) is 15.8. The molecule has 144 valence electrons. The molecular weight excluding hydrogens is 348 g/mol. The number of nitro groups is 1. The maximum Gasteiger partial charge on any atom is 0.272 e. The van der Waals surface area contributed by atoms with Crippen molar-refractivity contribution in [2.75, 3.05) is 19.8 Å². The highest BCUT2D eigenvalue weighted by Gasteiger charge is 2.13. The van der Waals surface area contributed by atoms with Crippen LogP contribution >= 0.6 is 0 Å². The van der Waals surface area contributed by atoms with Gasteiger partial charge in [-0.05, 0) is 57.0 Å². The van der Waals surface area contributed by atoms with Gasteiger partial charge in [-0.25, -0.2) is 0 Å². The summed E-state index contributed by atoms with van der Waals surface area (Å²) < 4.78 is 11.1. The quantitative estimate of drug-likeness (QED) is 0.536. The molecule has 0 atom stereocenters. The van der Waals surface area contributed by atoms with Crippen LogP contribution < -0.4 is 14.8 Å². The van der Waals surface area contributed by atoms with Gasteiger partial charge in [0.2, 0.25) is 0 Å². The molecule has 0 spiro atoms. The van der Waals surface area contributed by atoms with E-state index in [0.717, 1.165) is 5.56 Å². The van der Waals surface area contributed by atoms with E-state index in [1.54, 1.807) is 6.92 Å². The van der Waals surface area contributed by atoms with Crippen molar-refractivity contribution in [3.63, 3.8) is 0 Å². The summed E-state index contributed by atoms with van der Waals surface area (Å²) in [4.78, 5) is 22.6. The van der Waals surface area contributed by atoms with Crippen molar-refractivity contribution in [1.82, 2.24) is 5.32 Å². The third kappa shape index (κ3) is 5.44. The molecule has 0 saturated heterocycles. The molecule has 27 heavy (non-hydrogen) atoms. The smallest absolute Gasteiger partial charge is 0.272 e. The molecular formula is C20H24N2O5. The Kier molecular flexibility index (Phi) is 7.16. The second-order valence-electron chi connectivity index (χ2n) is 5.91. The summed E-state index contributed by atoms with van der Waals surface area (Å²) in [5.41, 5.74) is 1.88. The second kappa shape index (κ2) is 9.56. The average molecular weight is 372 g/mol. The maximum absolute atomic E-state index is 12.3. The van der Waals surface area contributed by atoms with Gasteiger partial charge in [0.1, 0.15) is 0 Å². The van der Waals surface area contributed by atoms with Gasteiger partial charge < -0.3 is 14.8 Å². The highest BCUT2D eigenvalue weighted by molar-refractivity contribution is 5.94. The fourth-order valence-corrected chi connectivity index (χ4v) is 2.68. The van der Waals surface area contributed by atoms with Gasteiger partial charge in [-0.3, -0.25) is 14.9 Å². The SMILES string of the molecule is CCOc1ccc(CCNC(=O)c2ccc([N+](=O)[O-])c(C)c2)cc1OCC. The van der Waals surface area contributed by atoms with E-state index >= 15 is 0 Å². The monoisotopic (exact) mass is 372 g/mol. The van der Waals surface area contributed by atoms with Crippen molar-refractivity contribution < 1.29 is 19.2 Å². The molecule has 0 unspecified atom stereocenters. The second-order valence-corrected chi connectivity index (χ2v) is 5.91. The summed E-state index contributed by atoms with van der Waals surface area (Å²) in [7, 11) is 0. The summed E-state index contributed by atoms with van der Waals surface area (Å²) in [5.74, 6) is 1.13. The van der Waals surface area contributed by atoms with Crippen LogP contribution in [-0.4, -0.2) is 30.6 Å². The number of amides is 1. The highest BCUT2D eigenvalue weighted by Crippen LogP contribution is 2.28. The fraction of sp³-hybridized carbons (Fsp3) is 0.350. The lowest BCUT2D eigenvalue weighted by atomic mass is 10.1. The van der Waals surface area contributed by atoms with Crippen LogP contribution in [0.3, 0.4) is 0 Å². The van der Waals surface area contributed by atoms with E-state index in [2.05, 4.69) is 5.32 Å². The zero-order chi connectivity index (χ0) is 19.8. The fourth-order valence-electron chi connectivity index (χ4n) is 2.68. The number of rotatable bonds is 9. The molecule has 7 heteroatoms. The van der Waals surface area contributed by atoms with E-state index in [9.17, 15) is 14.9 Å². The summed E-state index contributed by atoms with van der Waals surface area (Å²) >= 11 is 0. The van der Waals surface area contributed by atoms with E-state index in [0.29, 0.717) is 48.8 Å². The number of aryl methyl sites for hydroxylation is 1.